The quantitative estimate of drug-likeness (QED) is 0.644. The van der Waals surface area contributed by atoms with Crippen LogP contribution in [0.15, 0.2) is 24.3 Å². The average Bonchev–Trinajstić information content (AvgIpc) is 2.38. The normalized spacial score (nSPS) is 16.3. The monoisotopic (exact) mass is 271 g/mol. The molecule has 0 aliphatic carbocycles. The summed E-state index contributed by atoms with van der Waals surface area (Å²) in [6.07, 6.45) is 10.3. The van der Waals surface area contributed by atoms with Gasteiger partial charge in [0, 0.05) is 11.3 Å². The molecule has 0 atom stereocenters. The Morgan fingerprint density at radius 3 is 2.55 bits per heavy atom. The van der Waals surface area contributed by atoms with Crippen molar-refractivity contribution in [3.05, 3.63) is 35.4 Å². The zero-order valence-electron chi connectivity index (χ0n) is 13.6. The van der Waals surface area contributed by atoms with Gasteiger partial charge in [-0.3, -0.25) is 0 Å². The molecular formula is C19H29N. The second-order valence-corrected chi connectivity index (χ2v) is 6.72. The first-order valence-electron chi connectivity index (χ1n) is 8.13. The topological polar surface area (TPSA) is 12.0 Å². The van der Waals surface area contributed by atoms with Gasteiger partial charge in [0.2, 0.25) is 0 Å². The molecule has 0 bridgehead atoms. The van der Waals surface area contributed by atoms with Gasteiger partial charge in [0.05, 0.1) is 5.54 Å². The number of nitrogens with one attached hydrogen (secondary N) is 1. The highest BCUT2D eigenvalue weighted by atomic mass is 15.0. The van der Waals surface area contributed by atoms with Crippen molar-refractivity contribution < 1.29 is 0 Å². The second kappa shape index (κ2) is 6.47. The van der Waals surface area contributed by atoms with Gasteiger partial charge in [-0.1, -0.05) is 44.7 Å². The van der Waals surface area contributed by atoms with Gasteiger partial charge in [-0.25, -0.2) is 0 Å². The van der Waals surface area contributed by atoms with Gasteiger partial charge in [-0.2, -0.15) is 0 Å². The summed E-state index contributed by atoms with van der Waals surface area (Å²) in [5, 5.41) is 3.60. The highest BCUT2D eigenvalue weighted by Gasteiger charge is 2.22. The van der Waals surface area contributed by atoms with Crippen molar-refractivity contribution in [2.45, 2.75) is 71.8 Å². The minimum absolute atomic E-state index is 0.0682. The predicted octanol–water partition coefficient (Wildman–Crippen LogP) is 5.81. The molecule has 1 aromatic carbocycles. The third kappa shape index (κ3) is 3.88. The van der Waals surface area contributed by atoms with E-state index in [1.165, 1.54) is 60.9 Å². The Morgan fingerprint density at radius 1 is 1.05 bits per heavy atom. The third-order valence-corrected chi connectivity index (χ3v) is 4.11. The number of rotatable bonds is 6. The maximum Gasteiger partial charge on any atom is 0.0505 e. The molecule has 0 aromatic heterocycles. The molecule has 0 radical (unpaired) electrons. The fourth-order valence-electron chi connectivity index (χ4n) is 3.12. The van der Waals surface area contributed by atoms with Gasteiger partial charge in [0.15, 0.2) is 0 Å². The lowest BCUT2D eigenvalue weighted by atomic mass is 9.90. The SMILES string of the molecule is CCCCCCCc1ccc2c(c1)C(C)=CC(C)(C)N2. The summed E-state index contributed by atoms with van der Waals surface area (Å²) in [7, 11) is 0. The Balaban J connectivity index is 2.00. The molecule has 1 aromatic rings. The van der Waals surface area contributed by atoms with Crippen molar-refractivity contribution in [2.75, 3.05) is 5.32 Å². The number of hydrogen-bond acceptors (Lipinski definition) is 1. The third-order valence-electron chi connectivity index (χ3n) is 4.11. The van der Waals surface area contributed by atoms with E-state index in [-0.39, 0.29) is 5.54 Å². The fourth-order valence-corrected chi connectivity index (χ4v) is 3.12. The number of benzene rings is 1. The molecule has 110 valence electrons. The number of anilines is 1. The number of aryl methyl sites for hydroxylation is 1. The fraction of sp³-hybridized carbons (Fsp3) is 0.579. The summed E-state index contributed by atoms with van der Waals surface area (Å²) in [6.45, 7) is 8.95. The van der Waals surface area contributed by atoms with E-state index in [1.807, 2.05) is 0 Å². The summed E-state index contributed by atoms with van der Waals surface area (Å²) in [6, 6.07) is 6.93. The molecule has 0 spiro atoms. The molecule has 1 heteroatoms. The molecular weight excluding hydrogens is 242 g/mol. The Kier molecular flexibility index (Phi) is 4.91. The summed E-state index contributed by atoms with van der Waals surface area (Å²) >= 11 is 0. The Morgan fingerprint density at radius 2 is 1.80 bits per heavy atom. The van der Waals surface area contributed by atoms with Crippen LogP contribution in [0.1, 0.15) is 70.9 Å². The Hall–Kier alpha value is -1.24. The van der Waals surface area contributed by atoms with Crippen molar-refractivity contribution >= 4 is 11.3 Å². The molecule has 0 amide bonds. The van der Waals surface area contributed by atoms with Crippen LogP contribution in [0.25, 0.3) is 5.57 Å². The molecule has 1 nitrogen and oxygen atoms in total. The van der Waals surface area contributed by atoms with Crippen LogP contribution in [0.2, 0.25) is 0 Å². The summed E-state index contributed by atoms with van der Waals surface area (Å²) in [5.41, 5.74) is 5.62. The lowest BCUT2D eigenvalue weighted by Gasteiger charge is -2.31. The summed E-state index contributed by atoms with van der Waals surface area (Å²) in [5.74, 6) is 0. The Bertz CT molecular complexity index is 483. The first kappa shape index (κ1) is 15.2. The molecule has 2 rings (SSSR count). The van der Waals surface area contributed by atoms with Crippen LogP contribution in [0.3, 0.4) is 0 Å². The van der Waals surface area contributed by atoms with E-state index in [4.69, 9.17) is 0 Å². The van der Waals surface area contributed by atoms with Crippen molar-refractivity contribution in [1.29, 1.82) is 0 Å². The van der Waals surface area contributed by atoms with E-state index in [1.54, 1.807) is 0 Å². The zero-order chi connectivity index (χ0) is 14.6. The van der Waals surface area contributed by atoms with E-state index in [0.717, 1.165) is 0 Å². The number of fused-ring (bicyclic) bond motifs is 1. The predicted molar refractivity (Wildman–Crippen MR) is 90.3 cm³/mol. The second-order valence-electron chi connectivity index (χ2n) is 6.72. The van der Waals surface area contributed by atoms with Gasteiger partial charge in [-0.05, 0) is 56.9 Å². The molecule has 0 saturated heterocycles. The molecule has 0 fully saturated rings. The lowest BCUT2D eigenvalue weighted by molar-refractivity contribution is 0.632. The van der Waals surface area contributed by atoms with E-state index in [9.17, 15) is 0 Å². The molecule has 0 saturated carbocycles. The highest BCUT2D eigenvalue weighted by molar-refractivity contribution is 5.80. The number of hydrogen-bond donors (Lipinski definition) is 1. The van der Waals surface area contributed by atoms with E-state index < -0.39 is 0 Å². The van der Waals surface area contributed by atoms with Gasteiger partial charge in [-0.15, -0.1) is 0 Å². The van der Waals surface area contributed by atoms with E-state index in [0.29, 0.717) is 0 Å². The number of unbranched alkanes of at least 4 members (excludes halogenated alkanes) is 4. The van der Waals surface area contributed by atoms with Crippen LogP contribution in [0.4, 0.5) is 5.69 Å². The lowest BCUT2D eigenvalue weighted by Crippen LogP contribution is -2.31. The molecule has 1 aliphatic rings. The standard InChI is InChI=1S/C19H29N/c1-5-6-7-8-9-10-16-11-12-18-17(13-16)15(2)14-19(3,4)20-18/h11-14,20H,5-10H2,1-4H3. The minimum Gasteiger partial charge on any atom is -0.376 e. The van der Waals surface area contributed by atoms with Gasteiger partial charge < -0.3 is 5.32 Å². The van der Waals surface area contributed by atoms with Gasteiger partial charge >= 0.3 is 0 Å². The molecule has 0 unspecified atom stereocenters. The maximum atomic E-state index is 3.60. The maximum absolute atomic E-state index is 3.60. The van der Waals surface area contributed by atoms with Crippen LogP contribution in [-0.4, -0.2) is 5.54 Å². The van der Waals surface area contributed by atoms with Crippen LogP contribution >= 0.6 is 0 Å². The van der Waals surface area contributed by atoms with Gasteiger partial charge in [0.1, 0.15) is 0 Å². The van der Waals surface area contributed by atoms with Crippen molar-refractivity contribution in [1.82, 2.24) is 0 Å². The smallest absolute Gasteiger partial charge is 0.0505 e. The molecule has 20 heavy (non-hydrogen) atoms. The Labute approximate surface area is 124 Å². The summed E-state index contributed by atoms with van der Waals surface area (Å²) in [4.78, 5) is 0. The largest absolute Gasteiger partial charge is 0.376 e. The van der Waals surface area contributed by atoms with Gasteiger partial charge in [0.25, 0.3) is 0 Å². The van der Waals surface area contributed by atoms with Crippen molar-refractivity contribution in [2.24, 2.45) is 0 Å². The number of allylic oxidation sites excluding steroid dienone is 1. The zero-order valence-corrected chi connectivity index (χ0v) is 13.6. The van der Waals surface area contributed by atoms with Crippen LogP contribution in [-0.2, 0) is 6.42 Å². The van der Waals surface area contributed by atoms with E-state index in [2.05, 4.69) is 57.3 Å². The van der Waals surface area contributed by atoms with Crippen molar-refractivity contribution in [3.63, 3.8) is 0 Å². The molecule has 1 N–H and O–H groups in total. The van der Waals surface area contributed by atoms with Crippen LogP contribution in [0, 0.1) is 0 Å². The molecule has 1 heterocycles. The first-order chi connectivity index (χ1) is 9.52. The summed E-state index contributed by atoms with van der Waals surface area (Å²) < 4.78 is 0. The minimum atomic E-state index is 0.0682. The van der Waals surface area contributed by atoms with Crippen LogP contribution < -0.4 is 5.32 Å². The average molecular weight is 271 g/mol. The van der Waals surface area contributed by atoms with Crippen LogP contribution in [0.5, 0.6) is 0 Å². The molecule has 1 aliphatic heterocycles. The van der Waals surface area contributed by atoms with E-state index >= 15 is 0 Å². The first-order valence-corrected chi connectivity index (χ1v) is 8.13. The van der Waals surface area contributed by atoms with Crippen molar-refractivity contribution in [3.8, 4) is 0 Å². The highest BCUT2D eigenvalue weighted by Crippen LogP contribution is 2.34.